The van der Waals surface area contributed by atoms with Crippen molar-refractivity contribution in [2.75, 3.05) is 43.0 Å². The van der Waals surface area contributed by atoms with Crippen LogP contribution < -0.4 is 5.32 Å². The molecular formula is C22H30N4O4S2. The van der Waals surface area contributed by atoms with Gasteiger partial charge in [-0.2, -0.15) is 16.1 Å². The second kappa shape index (κ2) is 10.5. The van der Waals surface area contributed by atoms with Crippen LogP contribution in [0.25, 0.3) is 0 Å². The summed E-state index contributed by atoms with van der Waals surface area (Å²) in [6.45, 7) is 5.86. The van der Waals surface area contributed by atoms with Crippen molar-refractivity contribution in [2.24, 2.45) is 7.05 Å². The third kappa shape index (κ3) is 5.54. The smallest absolute Gasteiger partial charge is 0.272 e. The minimum absolute atomic E-state index is 0.0961. The molecule has 0 aliphatic carbocycles. The SMILES string of the molecule is CCN(CC)S(=O)(=O)c1cc(C(=O)Nc2ccc(CC(=O)N3CCSCC3)cc2)n(C)c1. The van der Waals surface area contributed by atoms with Gasteiger partial charge in [0.25, 0.3) is 5.91 Å². The van der Waals surface area contributed by atoms with Crippen LogP contribution in [0.2, 0.25) is 0 Å². The van der Waals surface area contributed by atoms with Gasteiger partial charge in [-0.05, 0) is 23.8 Å². The van der Waals surface area contributed by atoms with Gasteiger partial charge in [0.15, 0.2) is 0 Å². The van der Waals surface area contributed by atoms with Gasteiger partial charge in [0, 0.05) is 56.6 Å². The average Bonchev–Trinajstić information content (AvgIpc) is 3.19. The standard InChI is InChI=1S/C22H30N4O4S2/c1-4-26(5-2)32(29,30)19-15-20(24(3)16-19)22(28)23-18-8-6-17(7-9-18)14-21(27)25-10-12-31-13-11-25/h6-9,15-16H,4-5,10-14H2,1-3H3,(H,23,28). The van der Waals surface area contributed by atoms with E-state index in [0.29, 0.717) is 25.2 Å². The van der Waals surface area contributed by atoms with E-state index in [1.165, 1.54) is 21.1 Å². The molecule has 1 aliphatic rings. The first-order valence-electron chi connectivity index (χ1n) is 10.7. The Morgan fingerprint density at radius 3 is 2.31 bits per heavy atom. The molecule has 2 heterocycles. The monoisotopic (exact) mass is 478 g/mol. The summed E-state index contributed by atoms with van der Waals surface area (Å²) in [5.74, 6) is 1.68. The van der Waals surface area contributed by atoms with Crippen LogP contribution in [0.5, 0.6) is 0 Å². The summed E-state index contributed by atoms with van der Waals surface area (Å²) >= 11 is 1.86. The summed E-state index contributed by atoms with van der Waals surface area (Å²) < 4.78 is 28.3. The van der Waals surface area contributed by atoms with Crippen LogP contribution in [-0.4, -0.2) is 71.7 Å². The van der Waals surface area contributed by atoms with Crippen LogP contribution in [0.15, 0.2) is 41.4 Å². The molecule has 1 aliphatic heterocycles. The Bertz CT molecular complexity index is 1050. The molecule has 174 valence electrons. The van der Waals surface area contributed by atoms with Crippen molar-refractivity contribution >= 4 is 39.3 Å². The van der Waals surface area contributed by atoms with Gasteiger partial charge in [0.1, 0.15) is 10.6 Å². The lowest BCUT2D eigenvalue weighted by molar-refractivity contribution is -0.130. The Balaban J connectivity index is 1.66. The van der Waals surface area contributed by atoms with Gasteiger partial charge < -0.3 is 14.8 Å². The van der Waals surface area contributed by atoms with Crippen molar-refractivity contribution in [3.05, 3.63) is 47.8 Å². The summed E-state index contributed by atoms with van der Waals surface area (Å²) in [4.78, 5) is 27.2. The Labute approximate surface area is 194 Å². The van der Waals surface area contributed by atoms with Crippen LogP contribution in [-0.2, 0) is 28.3 Å². The summed E-state index contributed by atoms with van der Waals surface area (Å²) in [6.07, 6.45) is 1.79. The molecule has 1 fully saturated rings. The Morgan fingerprint density at radius 2 is 1.72 bits per heavy atom. The van der Waals surface area contributed by atoms with E-state index in [1.54, 1.807) is 33.0 Å². The molecule has 10 heteroatoms. The highest BCUT2D eigenvalue weighted by molar-refractivity contribution is 7.99. The van der Waals surface area contributed by atoms with Gasteiger partial charge in [0.2, 0.25) is 15.9 Å². The number of aromatic nitrogens is 1. The van der Waals surface area contributed by atoms with E-state index in [0.717, 1.165) is 30.2 Å². The maximum atomic E-state index is 12.8. The van der Waals surface area contributed by atoms with E-state index in [1.807, 2.05) is 28.8 Å². The van der Waals surface area contributed by atoms with Gasteiger partial charge in [-0.3, -0.25) is 9.59 Å². The van der Waals surface area contributed by atoms with Gasteiger partial charge in [-0.1, -0.05) is 26.0 Å². The zero-order valence-electron chi connectivity index (χ0n) is 18.7. The first-order valence-corrected chi connectivity index (χ1v) is 13.3. The predicted octanol–water partition coefficient (Wildman–Crippen LogP) is 2.43. The molecule has 0 bridgehead atoms. The van der Waals surface area contributed by atoms with Gasteiger partial charge in [0.05, 0.1) is 6.42 Å². The zero-order chi connectivity index (χ0) is 23.3. The normalized spacial score (nSPS) is 14.6. The molecule has 1 saturated heterocycles. The highest BCUT2D eigenvalue weighted by Gasteiger charge is 2.25. The number of sulfonamides is 1. The number of rotatable bonds is 8. The maximum absolute atomic E-state index is 12.8. The Morgan fingerprint density at radius 1 is 1.09 bits per heavy atom. The van der Waals surface area contributed by atoms with Crippen molar-refractivity contribution in [1.29, 1.82) is 0 Å². The number of thioether (sulfide) groups is 1. The van der Waals surface area contributed by atoms with E-state index in [9.17, 15) is 18.0 Å². The number of hydrogen-bond donors (Lipinski definition) is 1. The van der Waals surface area contributed by atoms with Crippen LogP contribution >= 0.6 is 11.8 Å². The van der Waals surface area contributed by atoms with Crippen molar-refractivity contribution in [2.45, 2.75) is 25.2 Å². The lowest BCUT2D eigenvalue weighted by Gasteiger charge is -2.26. The highest BCUT2D eigenvalue weighted by Crippen LogP contribution is 2.20. The minimum Gasteiger partial charge on any atom is -0.345 e. The molecular weight excluding hydrogens is 448 g/mol. The second-order valence-electron chi connectivity index (χ2n) is 7.58. The lowest BCUT2D eigenvalue weighted by Crippen LogP contribution is -2.38. The summed E-state index contributed by atoms with van der Waals surface area (Å²) in [5, 5.41) is 2.80. The quantitative estimate of drug-likeness (QED) is 0.629. The Hall–Kier alpha value is -2.30. The molecule has 0 unspecified atom stereocenters. The van der Waals surface area contributed by atoms with E-state index >= 15 is 0 Å². The third-order valence-corrected chi connectivity index (χ3v) is 8.44. The average molecular weight is 479 g/mol. The summed E-state index contributed by atoms with van der Waals surface area (Å²) in [5.41, 5.74) is 1.71. The maximum Gasteiger partial charge on any atom is 0.272 e. The molecule has 0 saturated carbocycles. The van der Waals surface area contributed by atoms with E-state index in [2.05, 4.69) is 5.32 Å². The van der Waals surface area contributed by atoms with Gasteiger partial charge in [-0.25, -0.2) is 8.42 Å². The number of carbonyl (C=O) groups is 2. The predicted molar refractivity (Wildman–Crippen MR) is 128 cm³/mol. The van der Waals surface area contributed by atoms with E-state index in [-0.39, 0.29) is 16.5 Å². The fourth-order valence-electron chi connectivity index (χ4n) is 3.61. The Kier molecular flexibility index (Phi) is 8.02. The lowest BCUT2D eigenvalue weighted by atomic mass is 10.1. The largest absolute Gasteiger partial charge is 0.345 e. The van der Waals surface area contributed by atoms with Crippen molar-refractivity contribution in [1.82, 2.24) is 13.8 Å². The molecule has 1 aromatic heterocycles. The minimum atomic E-state index is -3.64. The van der Waals surface area contributed by atoms with Gasteiger partial charge >= 0.3 is 0 Å². The van der Waals surface area contributed by atoms with Crippen LogP contribution in [0.1, 0.15) is 29.9 Å². The summed E-state index contributed by atoms with van der Waals surface area (Å²) in [7, 11) is -2.00. The fraction of sp³-hybridized carbons (Fsp3) is 0.455. The highest BCUT2D eigenvalue weighted by atomic mass is 32.2. The number of hydrogen-bond acceptors (Lipinski definition) is 5. The first-order chi connectivity index (χ1) is 15.3. The zero-order valence-corrected chi connectivity index (χ0v) is 20.3. The molecule has 2 aromatic rings. The number of aryl methyl sites for hydroxylation is 1. The van der Waals surface area contributed by atoms with Crippen LogP contribution in [0.3, 0.4) is 0 Å². The number of amides is 2. The van der Waals surface area contributed by atoms with Crippen LogP contribution in [0, 0.1) is 0 Å². The molecule has 2 amide bonds. The summed E-state index contributed by atoms with van der Waals surface area (Å²) in [6, 6.07) is 8.56. The molecule has 1 aromatic carbocycles. The van der Waals surface area contributed by atoms with E-state index in [4.69, 9.17) is 0 Å². The number of nitrogens with zero attached hydrogens (tertiary/aromatic N) is 3. The van der Waals surface area contributed by atoms with Crippen molar-refractivity contribution in [3.8, 4) is 0 Å². The fourth-order valence-corrected chi connectivity index (χ4v) is 6.05. The molecule has 1 N–H and O–H groups in total. The molecule has 32 heavy (non-hydrogen) atoms. The molecule has 3 rings (SSSR count). The van der Waals surface area contributed by atoms with E-state index < -0.39 is 15.9 Å². The second-order valence-corrected chi connectivity index (χ2v) is 10.7. The topological polar surface area (TPSA) is 91.7 Å². The number of anilines is 1. The van der Waals surface area contributed by atoms with Gasteiger partial charge in [-0.15, -0.1) is 0 Å². The van der Waals surface area contributed by atoms with Crippen LogP contribution in [0.4, 0.5) is 5.69 Å². The molecule has 0 atom stereocenters. The number of carbonyl (C=O) groups excluding carboxylic acids is 2. The third-order valence-electron chi connectivity index (χ3n) is 5.49. The van der Waals surface area contributed by atoms with Crippen molar-refractivity contribution in [3.63, 3.8) is 0 Å². The van der Waals surface area contributed by atoms with Crippen molar-refractivity contribution < 1.29 is 18.0 Å². The molecule has 8 nitrogen and oxygen atoms in total. The molecule has 0 spiro atoms. The first kappa shape index (κ1) is 24.3. The number of benzene rings is 1. The number of nitrogens with one attached hydrogen (secondary N) is 1. The molecule has 0 radical (unpaired) electrons.